The van der Waals surface area contributed by atoms with E-state index in [9.17, 15) is 22.4 Å². The first-order valence-corrected chi connectivity index (χ1v) is 8.69. The molecule has 1 atom stereocenters. The second-order valence-corrected chi connectivity index (χ2v) is 6.15. The van der Waals surface area contributed by atoms with E-state index in [1.54, 1.807) is 0 Å². The molecule has 0 spiro atoms. The van der Waals surface area contributed by atoms with E-state index in [0.717, 1.165) is 25.1 Å². The van der Waals surface area contributed by atoms with E-state index in [1.165, 1.54) is 19.3 Å². The number of Topliss-reactive ketones (excluding diaryl/α,β-unsaturated/α-hetero) is 1. The molecule has 0 saturated heterocycles. The molecule has 0 aliphatic carbocycles. The third-order valence-electron chi connectivity index (χ3n) is 4.04. The van der Waals surface area contributed by atoms with Crippen LogP contribution >= 0.6 is 0 Å². The van der Waals surface area contributed by atoms with Gasteiger partial charge < -0.3 is 10.3 Å². The average Bonchev–Trinajstić information content (AvgIpc) is 3.01. The zero-order chi connectivity index (χ0) is 20.6. The third kappa shape index (κ3) is 7.03. The highest BCUT2D eigenvalue weighted by Crippen LogP contribution is 2.31. The summed E-state index contributed by atoms with van der Waals surface area (Å²) in [5, 5.41) is 3.94. The predicted molar refractivity (Wildman–Crippen MR) is 94.9 cm³/mol. The molecule has 1 aromatic carbocycles. The lowest BCUT2D eigenvalue weighted by atomic mass is 9.96. The molecular formula is C19H24F4N2O2. The second kappa shape index (κ2) is 10.1. The fraction of sp³-hybridized carbons (Fsp3) is 0.474. The Labute approximate surface area is 155 Å². The summed E-state index contributed by atoms with van der Waals surface area (Å²) in [7, 11) is 0. The van der Waals surface area contributed by atoms with E-state index in [1.807, 2.05) is 6.07 Å². The number of anilines is 1. The first-order valence-electron chi connectivity index (χ1n) is 8.69. The molecule has 0 fully saturated rings. The topological polar surface area (TPSA) is 69.1 Å². The number of halogens is 4. The van der Waals surface area contributed by atoms with Crippen molar-refractivity contribution in [1.82, 2.24) is 5.16 Å². The van der Waals surface area contributed by atoms with Gasteiger partial charge >= 0.3 is 6.18 Å². The summed E-state index contributed by atoms with van der Waals surface area (Å²) in [5.74, 6) is -0.964. The van der Waals surface area contributed by atoms with Crippen molar-refractivity contribution in [2.45, 2.75) is 58.5 Å². The smallest absolute Gasteiger partial charge is 0.368 e. The Balaban J connectivity index is 0.000000271. The summed E-state index contributed by atoms with van der Waals surface area (Å²) in [4.78, 5) is 10.7. The van der Waals surface area contributed by atoms with Crippen molar-refractivity contribution in [1.29, 1.82) is 0 Å². The molecule has 0 aliphatic heterocycles. The molecule has 4 nitrogen and oxygen atoms in total. The largest absolute Gasteiger partial charge is 0.419 e. The number of alkyl halides is 3. The number of carbonyl (C=O) groups excluding carboxylic acids is 1. The fourth-order valence-electron chi connectivity index (χ4n) is 2.47. The number of nitrogens with zero attached hydrogens (tertiary/aromatic N) is 1. The lowest BCUT2D eigenvalue weighted by molar-refractivity contribution is -0.140. The minimum Gasteiger partial charge on any atom is -0.368 e. The van der Waals surface area contributed by atoms with Crippen LogP contribution in [0.5, 0.6) is 0 Å². The lowest BCUT2D eigenvalue weighted by Gasteiger charge is -2.09. The Kier molecular flexibility index (Phi) is 8.46. The van der Waals surface area contributed by atoms with E-state index < -0.39 is 23.3 Å². The lowest BCUT2D eigenvalue weighted by Crippen LogP contribution is -2.09. The van der Waals surface area contributed by atoms with Crippen LogP contribution in [0.4, 0.5) is 23.4 Å². The molecule has 1 aromatic heterocycles. The van der Waals surface area contributed by atoms with Crippen molar-refractivity contribution in [3.8, 4) is 0 Å². The second-order valence-electron chi connectivity index (χ2n) is 6.15. The molecule has 1 heterocycles. The molecule has 0 radical (unpaired) electrons. The molecule has 0 amide bonds. The molecule has 0 bridgehead atoms. The summed E-state index contributed by atoms with van der Waals surface area (Å²) < 4.78 is 53.9. The van der Waals surface area contributed by atoms with Gasteiger partial charge in [0.2, 0.25) is 5.88 Å². The summed E-state index contributed by atoms with van der Waals surface area (Å²) >= 11 is 0. The number of unbranched alkanes of at least 4 members (excludes halogenated alkanes) is 1. The quantitative estimate of drug-likeness (QED) is 0.488. The highest BCUT2D eigenvalue weighted by atomic mass is 19.4. The predicted octanol–water partition coefficient (Wildman–Crippen LogP) is 5.99. The van der Waals surface area contributed by atoms with Crippen molar-refractivity contribution >= 4 is 11.7 Å². The standard InChI is InChI=1S/C10H18N2O.C9H6F4O/c1-3-5-6-8(4-2)9-7-10(11)13-12-9;1-5(14)6-2-3-7(8(10)4-6)9(11,12)13/h7-8H,3-6,11H2,1-2H3;2-4H,1H3. The zero-order valence-corrected chi connectivity index (χ0v) is 15.6. The Bertz CT molecular complexity index is 742. The van der Waals surface area contributed by atoms with Gasteiger partial charge in [-0.3, -0.25) is 4.79 Å². The van der Waals surface area contributed by atoms with Gasteiger partial charge in [-0.05, 0) is 31.9 Å². The molecule has 0 aliphatic rings. The van der Waals surface area contributed by atoms with Gasteiger partial charge in [-0.25, -0.2) is 4.39 Å². The Morgan fingerprint density at radius 2 is 1.93 bits per heavy atom. The van der Waals surface area contributed by atoms with Crippen LogP contribution in [0.3, 0.4) is 0 Å². The molecule has 2 rings (SSSR count). The van der Waals surface area contributed by atoms with Crippen molar-refractivity contribution in [2.75, 3.05) is 5.73 Å². The number of ketones is 1. The number of hydrogen-bond donors (Lipinski definition) is 1. The maximum Gasteiger partial charge on any atom is 0.419 e. The van der Waals surface area contributed by atoms with Crippen molar-refractivity contribution in [3.05, 3.63) is 46.9 Å². The SMILES string of the molecule is CC(=O)c1ccc(C(F)(F)F)c(F)c1.CCCCC(CC)c1cc(N)on1. The third-order valence-corrected chi connectivity index (χ3v) is 4.04. The minimum atomic E-state index is -4.72. The number of carbonyl (C=O) groups is 1. The van der Waals surface area contributed by atoms with Gasteiger partial charge in [0, 0.05) is 17.5 Å². The van der Waals surface area contributed by atoms with Gasteiger partial charge in [0.15, 0.2) is 5.78 Å². The maximum absolute atomic E-state index is 12.8. The van der Waals surface area contributed by atoms with Crippen LogP contribution < -0.4 is 5.73 Å². The van der Waals surface area contributed by atoms with E-state index >= 15 is 0 Å². The van der Waals surface area contributed by atoms with E-state index in [0.29, 0.717) is 23.9 Å². The van der Waals surface area contributed by atoms with Gasteiger partial charge in [-0.2, -0.15) is 13.2 Å². The molecule has 150 valence electrons. The Morgan fingerprint density at radius 1 is 1.26 bits per heavy atom. The van der Waals surface area contributed by atoms with E-state index in [4.69, 9.17) is 10.3 Å². The maximum atomic E-state index is 12.8. The summed E-state index contributed by atoms with van der Waals surface area (Å²) in [5.41, 5.74) is 5.05. The molecule has 0 saturated carbocycles. The van der Waals surface area contributed by atoms with Crippen LogP contribution in [-0.4, -0.2) is 10.9 Å². The molecule has 1 unspecified atom stereocenters. The number of benzene rings is 1. The average molecular weight is 388 g/mol. The molecule has 2 aromatic rings. The van der Waals surface area contributed by atoms with Crippen LogP contribution in [-0.2, 0) is 6.18 Å². The van der Waals surface area contributed by atoms with Crippen LogP contribution in [0.15, 0.2) is 28.8 Å². The first-order chi connectivity index (χ1) is 12.6. The van der Waals surface area contributed by atoms with Crippen LogP contribution in [0.2, 0.25) is 0 Å². The van der Waals surface area contributed by atoms with E-state index in [-0.39, 0.29) is 5.56 Å². The number of hydrogen-bond acceptors (Lipinski definition) is 4. The Morgan fingerprint density at radius 3 is 2.33 bits per heavy atom. The van der Waals surface area contributed by atoms with Crippen LogP contribution in [0, 0.1) is 5.82 Å². The fourth-order valence-corrected chi connectivity index (χ4v) is 2.47. The molecule has 27 heavy (non-hydrogen) atoms. The van der Waals surface area contributed by atoms with Crippen LogP contribution in [0.25, 0.3) is 0 Å². The summed E-state index contributed by atoms with van der Waals surface area (Å²) in [6.07, 6.45) is 0.0272. The highest BCUT2D eigenvalue weighted by molar-refractivity contribution is 5.94. The summed E-state index contributed by atoms with van der Waals surface area (Å²) in [6, 6.07) is 3.94. The normalized spacial score (nSPS) is 12.3. The highest BCUT2D eigenvalue weighted by Gasteiger charge is 2.34. The van der Waals surface area contributed by atoms with Gasteiger partial charge in [-0.15, -0.1) is 0 Å². The van der Waals surface area contributed by atoms with Gasteiger partial charge in [0.25, 0.3) is 0 Å². The number of aromatic nitrogens is 1. The Hall–Kier alpha value is -2.38. The van der Waals surface area contributed by atoms with E-state index in [2.05, 4.69) is 19.0 Å². The van der Waals surface area contributed by atoms with Crippen molar-refractivity contribution in [2.24, 2.45) is 0 Å². The number of rotatable bonds is 6. The molecule has 2 N–H and O–H groups in total. The first kappa shape index (κ1) is 22.7. The van der Waals surface area contributed by atoms with Gasteiger partial charge in [0.1, 0.15) is 5.82 Å². The monoisotopic (exact) mass is 388 g/mol. The van der Waals surface area contributed by atoms with Crippen LogP contribution in [0.1, 0.15) is 74.0 Å². The number of nitrogens with two attached hydrogens (primary N) is 1. The minimum absolute atomic E-state index is 0.0736. The molecule has 8 heteroatoms. The van der Waals surface area contributed by atoms with Gasteiger partial charge in [-0.1, -0.05) is 37.9 Å². The molecular weight excluding hydrogens is 364 g/mol. The van der Waals surface area contributed by atoms with Gasteiger partial charge in [0.05, 0.1) is 11.3 Å². The zero-order valence-electron chi connectivity index (χ0n) is 15.6. The van der Waals surface area contributed by atoms with Crippen molar-refractivity contribution < 1.29 is 26.9 Å². The number of nitrogen functional groups attached to an aromatic ring is 1. The summed E-state index contributed by atoms with van der Waals surface area (Å²) in [6.45, 7) is 5.52. The van der Waals surface area contributed by atoms with Crippen molar-refractivity contribution in [3.63, 3.8) is 0 Å².